The van der Waals surface area contributed by atoms with E-state index in [0.29, 0.717) is 12.0 Å². The Balaban J connectivity index is 2.95. The molecule has 1 rings (SSSR count). The van der Waals surface area contributed by atoms with Crippen molar-refractivity contribution >= 4 is 0 Å². The molecule has 0 saturated carbocycles. The molecule has 0 amide bonds. The van der Waals surface area contributed by atoms with Gasteiger partial charge in [-0.3, -0.25) is 0 Å². The van der Waals surface area contributed by atoms with Crippen molar-refractivity contribution in [1.82, 2.24) is 0 Å². The molecule has 1 aromatic rings. The summed E-state index contributed by atoms with van der Waals surface area (Å²) in [7, 11) is 0. The Labute approximate surface area is 82.6 Å². The summed E-state index contributed by atoms with van der Waals surface area (Å²) in [6.45, 7) is 1.81. The third kappa shape index (κ3) is 2.16. The van der Waals surface area contributed by atoms with Crippen LogP contribution in [-0.2, 0) is 0 Å². The van der Waals surface area contributed by atoms with Crippen LogP contribution in [0.2, 0.25) is 0 Å². The number of aliphatic hydroxyl groups excluding tert-OH is 1. The summed E-state index contributed by atoms with van der Waals surface area (Å²) in [6, 6.07) is 3.52. The Morgan fingerprint density at radius 3 is 2.50 bits per heavy atom. The summed E-state index contributed by atoms with van der Waals surface area (Å²) in [5.41, 5.74) is 6.15. The Bertz CT molecular complexity index is 314. The van der Waals surface area contributed by atoms with Crippen molar-refractivity contribution in [1.29, 1.82) is 0 Å². The van der Waals surface area contributed by atoms with Gasteiger partial charge in [0.15, 0.2) is 0 Å². The van der Waals surface area contributed by atoms with Gasteiger partial charge in [-0.15, -0.1) is 0 Å². The van der Waals surface area contributed by atoms with Gasteiger partial charge in [-0.2, -0.15) is 0 Å². The van der Waals surface area contributed by atoms with Crippen LogP contribution in [0.1, 0.15) is 24.9 Å². The molecule has 5 N–H and O–H groups in total. The number of hydrogen-bond donors (Lipinski definition) is 4. The minimum absolute atomic E-state index is 0.0237. The molecule has 2 atom stereocenters. The lowest BCUT2D eigenvalue weighted by Crippen LogP contribution is -2.25. The lowest BCUT2D eigenvalue weighted by atomic mass is 10.00. The molecule has 4 nitrogen and oxygen atoms in total. The summed E-state index contributed by atoms with van der Waals surface area (Å²) in [6.07, 6.45) is -0.174. The number of aromatic hydroxyl groups is 2. The van der Waals surface area contributed by atoms with E-state index in [4.69, 9.17) is 10.8 Å². The third-order valence-electron chi connectivity index (χ3n) is 2.21. The molecule has 0 unspecified atom stereocenters. The van der Waals surface area contributed by atoms with Crippen molar-refractivity contribution in [2.75, 3.05) is 0 Å². The van der Waals surface area contributed by atoms with Gasteiger partial charge in [0.1, 0.15) is 11.5 Å². The summed E-state index contributed by atoms with van der Waals surface area (Å²) >= 11 is 0. The van der Waals surface area contributed by atoms with E-state index in [-0.39, 0.29) is 11.5 Å². The first-order valence-corrected chi connectivity index (χ1v) is 4.51. The van der Waals surface area contributed by atoms with Crippen molar-refractivity contribution in [3.63, 3.8) is 0 Å². The molecular weight excluding hydrogens is 182 g/mol. The minimum atomic E-state index is -0.689. The summed E-state index contributed by atoms with van der Waals surface area (Å²) in [5.74, 6) is -0.116. The average molecular weight is 197 g/mol. The zero-order valence-electron chi connectivity index (χ0n) is 8.01. The zero-order chi connectivity index (χ0) is 10.7. The van der Waals surface area contributed by atoms with E-state index in [1.165, 1.54) is 18.2 Å². The fourth-order valence-electron chi connectivity index (χ4n) is 1.28. The van der Waals surface area contributed by atoms with E-state index in [9.17, 15) is 10.2 Å². The van der Waals surface area contributed by atoms with Gasteiger partial charge in [-0.05, 0) is 18.6 Å². The molecule has 0 saturated heterocycles. The Hall–Kier alpha value is -1.26. The Kier molecular flexibility index (Phi) is 3.33. The first-order valence-electron chi connectivity index (χ1n) is 4.51. The summed E-state index contributed by atoms with van der Waals surface area (Å²) in [5, 5.41) is 28.0. The molecular formula is C10H15NO3. The summed E-state index contributed by atoms with van der Waals surface area (Å²) in [4.78, 5) is 0. The van der Waals surface area contributed by atoms with Crippen LogP contribution in [0.3, 0.4) is 0 Å². The molecule has 0 aliphatic carbocycles. The Morgan fingerprint density at radius 2 is 2.00 bits per heavy atom. The number of nitrogens with two attached hydrogens (primary N) is 1. The average Bonchev–Trinajstić information content (AvgIpc) is 2.15. The third-order valence-corrected chi connectivity index (χ3v) is 2.21. The van der Waals surface area contributed by atoms with Crippen LogP contribution in [0, 0.1) is 0 Å². The second-order valence-corrected chi connectivity index (χ2v) is 3.24. The van der Waals surface area contributed by atoms with E-state index in [1.54, 1.807) is 0 Å². The first-order chi connectivity index (χ1) is 6.56. The van der Waals surface area contributed by atoms with Gasteiger partial charge in [0, 0.05) is 11.6 Å². The van der Waals surface area contributed by atoms with Crippen molar-refractivity contribution in [2.24, 2.45) is 5.73 Å². The predicted molar refractivity (Wildman–Crippen MR) is 53.0 cm³/mol. The molecule has 0 spiro atoms. The maximum absolute atomic E-state index is 9.48. The van der Waals surface area contributed by atoms with Gasteiger partial charge in [-0.25, -0.2) is 0 Å². The fraction of sp³-hybridized carbons (Fsp3) is 0.400. The van der Waals surface area contributed by atoms with Crippen molar-refractivity contribution < 1.29 is 15.3 Å². The highest BCUT2D eigenvalue weighted by atomic mass is 16.3. The van der Waals surface area contributed by atoms with Crippen LogP contribution in [0.4, 0.5) is 0 Å². The highest BCUT2D eigenvalue weighted by Gasteiger charge is 2.18. The van der Waals surface area contributed by atoms with Crippen LogP contribution in [0.15, 0.2) is 18.2 Å². The maximum atomic E-state index is 9.48. The van der Waals surface area contributed by atoms with Crippen LogP contribution in [-0.4, -0.2) is 21.4 Å². The zero-order valence-corrected chi connectivity index (χ0v) is 8.01. The van der Waals surface area contributed by atoms with Crippen LogP contribution in [0.5, 0.6) is 11.5 Å². The highest BCUT2D eigenvalue weighted by Crippen LogP contribution is 2.28. The van der Waals surface area contributed by atoms with Gasteiger partial charge in [0.2, 0.25) is 0 Å². The van der Waals surface area contributed by atoms with E-state index < -0.39 is 12.1 Å². The molecule has 0 radical (unpaired) electrons. The fourth-order valence-corrected chi connectivity index (χ4v) is 1.28. The smallest absolute Gasteiger partial charge is 0.124 e. The number of phenolic OH excluding ortho intramolecular Hbond substituents is 2. The molecule has 0 heterocycles. The van der Waals surface area contributed by atoms with Crippen LogP contribution in [0.25, 0.3) is 0 Å². The van der Waals surface area contributed by atoms with Crippen molar-refractivity contribution in [2.45, 2.75) is 25.5 Å². The normalized spacial score (nSPS) is 15.1. The standard InChI is InChI=1S/C10H15NO3/c1-2-8(13)10(11)7-4-3-6(12)5-9(7)14/h3-5,8,10,12-14H,2,11H2,1H3/t8-,10+/m1/s1. The molecule has 78 valence electrons. The molecule has 0 aromatic heterocycles. The van der Waals surface area contributed by atoms with E-state index >= 15 is 0 Å². The van der Waals surface area contributed by atoms with Gasteiger partial charge >= 0.3 is 0 Å². The van der Waals surface area contributed by atoms with Crippen molar-refractivity contribution in [3.8, 4) is 11.5 Å². The number of rotatable bonds is 3. The molecule has 0 aliphatic rings. The molecule has 1 aromatic carbocycles. The topological polar surface area (TPSA) is 86.7 Å². The van der Waals surface area contributed by atoms with Crippen LogP contribution < -0.4 is 5.73 Å². The molecule has 4 heteroatoms. The predicted octanol–water partition coefficient (Wildman–Crippen LogP) is 0.868. The second kappa shape index (κ2) is 4.30. The van der Waals surface area contributed by atoms with Crippen LogP contribution >= 0.6 is 0 Å². The van der Waals surface area contributed by atoms with E-state index in [2.05, 4.69) is 0 Å². The van der Waals surface area contributed by atoms with Gasteiger partial charge in [0.25, 0.3) is 0 Å². The maximum Gasteiger partial charge on any atom is 0.124 e. The van der Waals surface area contributed by atoms with E-state index in [1.807, 2.05) is 6.92 Å². The van der Waals surface area contributed by atoms with E-state index in [0.717, 1.165) is 0 Å². The number of benzene rings is 1. The quantitative estimate of drug-likeness (QED) is 0.579. The lowest BCUT2D eigenvalue weighted by Gasteiger charge is -2.18. The van der Waals surface area contributed by atoms with Crippen molar-refractivity contribution in [3.05, 3.63) is 23.8 Å². The number of hydrogen-bond acceptors (Lipinski definition) is 4. The highest BCUT2D eigenvalue weighted by molar-refractivity contribution is 5.41. The number of aliphatic hydroxyl groups is 1. The largest absolute Gasteiger partial charge is 0.508 e. The molecule has 0 aliphatic heterocycles. The van der Waals surface area contributed by atoms with Gasteiger partial charge < -0.3 is 21.1 Å². The molecule has 14 heavy (non-hydrogen) atoms. The molecule has 0 fully saturated rings. The molecule has 0 bridgehead atoms. The second-order valence-electron chi connectivity index (χ2n) is 3.24. The first kappa shape index (κ1) is 10.8. The Morgan fingerprint density at radius 1 is 1.36 bits per heavy atom. The lowest BCUT2D eigenvalue weighted by molar-refractivity contribution is 0.139. The minimum Gasteiger partial charge on any atom is -0.508 e. The van der Waals surface area contributed by atoms with Gasteiger partial charge in [-0.1, -0.05) is 6.92 Å². The SMILES string of the molecule is CC[C@@H](O)[C@@H](N)c1ccc(O)cc1O. The summed E-state index contributed by atoms with van der Waals surface area (Å²) < 4.78 is 0. The number of phenols is 2. The van der Waals surface area contributed by atoms with Gasteiger partial charge in [0.05, 0.1) is 12.1 Å². The monoisotopic (exact) mass is 197 g/mol.